The molecule has 1 aromatic heterocycles. The van der Waals surface area contributed by atoms with Crippen molar-refractivity contribution in [2.24, 2.45) is 0 Å². The normalized spacial score (nSPS) is 9.93. The van der Waals surface area contributed by atoms with Gasteiger partial charge in [-0.15, -0.1) is 11.3 Å². The van der Waals surface area contributed by atoms with E-state index in [1.54, 1.807) is 6.07 Å². The SMILES string of the molecule is N#Cc1nc2cc([N+](=O)[O-])ccc2s1. The molecule has 0 atom stereocenters. The summed E-state index contributed by atoms with van der Waals surface area (Å²) in [5.74, 6) is 0. The third kappa shape index (κ3) is 1.30. The van der Waals surface area contributed by atoms with Crippen LogP contribution in [0.25, 0.3) is 10.2 Å². The molecule has 0 aliphatic carbocycles. The number of nitriles is 1. The first-order valence-corrected chi connectivity index (χ1v) is 4.47. The number of benzene rings is 1. The van der Waals surface area contributed by atoms with Crippen molar-refractivity contribution < 1.29 is 4.92 Å². The van der Waals surface area contributed by atoms with Gasteiger partial charge in [-0.3, -0.25) is 10.1 Å². The summed E-state index contributed by atoms with van der Waals surface area (Å²) in [6.07, 6.45) is 0. The first-order chi connectivity index (χ1) is 6.70. The van der Waals surface area contributed by atoms with Crippen LogP contribution in [0.2, 0.25) is 0 Å². The lowest BCUT2D eigenvalue weighted by molar-refractivity contribution is -0.384. The first-order valence-electron chi connectivity index (χ1n) is 3.66. The average molecular weight is 205 g/mol. The quantitative estimate of drug-likeness (QED) is 0.527. The van der Waals surface area contributed by atoms with Crippen molar-refractivity contribution in [3.8, 4) is 6.07 Å². The summed E-state index contributed by atoms with van der Waals surface area (Å²) in [6, 6.07) is 6.28. The van der Waals surface area contributed by atoms with Crippen molar-refractivity contribution in [1.29, 1.82) is 5.26 Å². The van der Waals surface area contributed by atoms with Gasteiger partial charge >= 0.3 is 0 Å². The molecule has 2 aromatic rings. The third-order valence-corrected chi connectivity index (χ3v) is 2.62. The predicted molar refractivity (Wildman–Crippen MR) is 51.0 cm³/mol. The fraction of sp³-hybridized carbons (Fsp3) is 0. The highest BCUT2D eigenvalue weighted by Crippen LogP contribution is 2.25. The molecule has 0 bridgehead atoms. The van der Waals surface area contributed by atoms with E-state index in [4.69, 9.17) is 5.26 Å². The van der Waals surface area contributed by atoms with E-state index < -0.39 is 4.92 Å². The maximum Gasteiger partial charge on any atom is 0.271 e. The van der Waals surface area contributed by atoms with E-state index in [9.17, 15) is 10.1 Å². The van der Waals surface area contributed by atoms with Gasteiger partial charge in [-0.2, -0.15) is 5.26 Å². The van der Waals surface area contributed by atoms with Gasteiger partial charge in [-0.25, -0.2) is 4.98 Å². The Morgan fingerprint density at radius 2 is 2.36 bits per heavy atom. The molecule has 5 nitrogen and oxygen atoms in total. The number of thiazole rings is 1. The Bertz CT molecular complexity index is 555. The lowest BCUT2D eigenvalue weighted by atomic mass is 10.3. The van der Waals surface area contributed by atoms with Crippen LogP contribution in [0.5, 0.6) is 0 Å². The van der Waals surface area contributed by atoms with Crippen LogP contribution >= 0.6 is 11.3 Å². The predicted octanol–water partition coefficient (Wildman–Crippen LogP) is 2.08. The summed E-state index contributed by atoms with van der Waals surface area (Å²) in [7, 11) is 0. The van der Waals surface area contributed by atoms with Crippen molar-refractivity contribution in [3.63, 3.8) is 0 Å². The molecule has 0 spiro atoms. The Morgan fingerprint density at radius 1 is 1.57 bits per heavy atom. The minimum Gasteiger partial charge on any atom is -0.258 e. The molecule has 68 valence electrons. The molecule has 0 fully saturated rings. The summed E-state index contributed by atoms with van der Waals surface area (Å²) in [6.45, 7) is 0. The molecule has 0 aliphatic heterocycles. The van der Waals surface area contributed by atoms with Crippen LogP contribution in [0.3, 0.4) is 0 Å². The number of hydrogen-bond donors (Lipinski definition) is 0. The highest BCUT2D eigenvalue weighted by molar-refractivity contribution is 7.19. The molecule has 6 heteroatoms. The van der Waals surface area contributed by atoms with E-state index in [0.29, 0.717) is 10.5 Å². The monoisotopic (exact) mass is 205 g/mol. The Balaban J connectivity index is 2.66. The second kappa shape index (κ2) is 3.05. The summed E-state index contributed by atoms with van der Waals surface area (Å²) < 4.78 is 0.784. The van der Waals surface area contributed by atoms with Gasteiger partial charge in [0.05, 0.1) is 15.1 Å². The lowest BCUT2D eigenvalue weighted by Gasteiger charge is -1.88. The van der Waals surface area contributed by atoms with Crippen molar-refractivity contribution in [1.82, 2.24) is 4.98 Å². The van der Waals surface area contributed by atoms with E-state index in [2.05, 4.69) is 4.98 Å². The van der Waals surface area contributed by atoms with Crippen LogP contribution in [-0.4, -0.2) is 9.91 Å². The second-order valence-corrected chi connectivity index (χ2v) is 3.57. The zero-order valence-electron chi connectivity index (χ0n) is 6.80. The van der Waals surface area contributed by atoms with E-state index in [1.165, 1.54) is 23.5 Å². The van der Waals surface area contributed by atoms with Crippen LogP contribution in [0, 0.1) is 21.4 Å². The molecule has 0 saturated carbocycles. The molecule has 0 radical (unpaired) electrons. The first kappa shape index (κ1) is 8.59. The number of non-ortho nitro benzene ring substituents is 1. The van der Waals surface area contributed by atoms with E-state index in [-0.39, 0.29) is 5.69 Å². The largest absolute Gasteiger partial charge is 0.271 e. The van der Waals surface area contributed by atoms with Gasteiger partial charge in [-0.05, 0) is 6.07 Å². The number of rotatable bonds is 1. The molecule has 14 heavy (non-hydrogen) atoms. The molecule has 2 rings (SSSR count). The highest BCUT2D eigenvalue weighted by Gasteiger charge is 2.09. The molecular weight excluding hydrogens is 202 g/mol. The standard InChI is InChI=1S/C8H3N3O2S/c9-4-8-10-6-3-5(11(12)13)1-2-7(6)14-8/h1-3H. The molecular formula is C8H3N3O2S. The van der Waals surface area contributed by atoms with E-state index in [0.717, 1.165) is 4.70 Å². The Morgan fingerprint density at radius 3 is 3.00 bits per heavy atom. The third-order valence-electron chi connectivity index (χ3n) is 1.68. The fourth-order valence-corrected chi connectivity index (χ4v) is 1.82. The lowest BCUT2D eigenvalue weighted by Crippen LogP contribution is -1.86. The fourth-order valence-electron chi connectivity index (χ4n) is 1.08. The van der Waals surface area contributed by atoms with Gasteiger partial charge in [0, 0.05) is 12.1 Å². The molecule has 0 unspecified atom stereocenters. The Labute approximate surface area is 82.4 Å². The molecule has 1 aromatic carbocycles. The summed E-state index contributed by atoms with van der Waals surface area (Å²) in [4.78, 5) is 13.9. The van der Waals surface area contributed by atoms with Gasteiger partial charge in [-0.1, -0.05) is 0 Å². The highest BCUT2D eigenvalue weighted by atomic mass is 32.1. The number of aromatic nitrogens is 1. The molecule has 1 heterocycles. The van der Waals surface area contributed by atoms with Gasteiger partial charge in [0.1, 0.15) is 6.07 Å². The zero-order chi connectivity index (χ0) is 10.1. The number of fused-ring (bicyclic) bond motifs is 1. The maximum atomic E-state index is 10.4. The summed E-state index contributed by atoms with van der Waals surface area (Å²) >= 11 is 1.22. The Kier molecular flexibility index (Phi) is 1.87. The number of nitrogens with zero attached hydrogens (tertiary/aromatic N) is 3. The zero-order valence-corrected chi connectivity index (χ0v) is 7.61. The van der Waals surface area contributed by atoms with Gasteiger partial charge in [0.2, 0.25) is 0 Å². The van der Waals surface area contributed by atoms with Crippen LogP contribution < -0.4 is 0 Å². The average Bonchev–Trinajstić information content (AvgIpc) is 2.58. The van der Waals surface area contributed by atoms with E-state index in [1.807, 2.05) is 6.07 Å². The van der Waals surface area contributed by atoms with Gasteiger partial charge < -0.3 is 0 Å². The van der Waals surface area contributed by atoms with Crippen molar-refractivity contribution in [3.05, 3.63) is 33.3 Å². The summed E-state index contributed by atoms with van der Waals surface area (Å²) in [5.41, 5.74) is 0.494. The Hall–Kier alpha value is -2.00. The second-order valence-electron chi connectivity index (χ2n) is 2.54. The number of nitro benzene ring substituents is 1. The van der Waals surface area contributed by atoms with Crippen molar-refractivity contribution in [2.75, 3.05) is 0 Å². The maximum absolute atomic E-state index is 10.4. The molecule has 0 aliphatic rings. The topological polar surface area (TPSA) is 79.8 Å². The van der Waals surface area contributed by atoms with Gasteiger partial charge in [0.25, 0.3) is 5.69 Å². The van der Waals surface area contributed by atoms with Crippen molar-refractivity contribution >= 4 is 27.2 Å². The number of hydrogen-bond acceptors (Lipinski definition) is 5. The van der Waals surface area contributed by atoms with E-state index >= 15 is 0 Å². The molecule has 0 N–H and O–H groups in total. The van der Waals surface area contributed by atoms with Gasteiger partial charge in [0.15, 0.2) is 5.01 Å². The van der Waals surface area contributed by atoms with Crippen LogP contribution in [-0.2, 0) is 0 Å². The minimum absolute atomic E-state index is 0.00714. The molecule has 0 amide bonds. The molecule has 0 saturated heterocycles. The number of nitro groups is 1. The van der Waals surface area contributed by atoms with Crippen molar-refractivity contribution in [2.45, 2.75) is 0 Å². The van der Waals surface area contributed by atoms with Crippen LogP contribution in [0.4, 0.5) is 5.69 Å². The van der Waals surface area contributed by atoms with Crippen LogP contribution in [0.1, 0.15) is 5.01 Å². The minimum atomic E-state index is -0.481. The smallest absolute Gasteiger partial charge is 0.258 e. The summed E-state index contributed by atoms with van der Waals surface area (Å²) in [5, 5.41) is 19.3. The van der Waals surface area contributed by atoms with Crippen LogP contribution in [0.15, 0.2) is 18.2 Å².